The van der Waals surface area contributed by atoms with E-state index in [0.29, 0.717) is 13.0 Å². The van der Waals surface area contributed by atoms with Gasteiger partial charge in [-0.1, -0.05) is 19.8 Å². The second kappa shape index (κ2) is 9.42. The van der Waals surface area contributed by atoms with Crippen molar-refractivity contribution in [2.24, 2.45) is 5.73 Å². The zero-order chi connectivity index (χ0) is 13.3. The van der Waals surface area contributed by atoms with Gasteiger partial charge in [0.25, 0.3) is 0 Å². The van der Waals surface area contributed by atoms with Crippen molar-refractivity contribution in [3.8, 4) is 0 Å². The van der Waals surface area contributed by atoms with Crippen molar-refractivity contribution in [2.45, 2.75) is 58.5 Å². The maximum atomic E-state index is 11.7. The molecule has 4 nitrogen and oxygen atoms in total. The van der Waals surface area contributed by atoms with E-state index >= 15 is 0 Å². The lowest BCUT2D eigenvalue weighted by Crippen LogP contribution is -2.43. The summed E-state index contributed by atoms with van der Waals surface area (Å²) < 4.78 is 0. The Balaban J connectivity index is 3.99. The Bertz CT molecular complexity index is 207. The van der Waals surface area contributed by atoms with Gasteiger partial charge < -0.3 is 16.0 Å². The lowest BCUT2D eigenvalue weighted by Gasteiger charge is -2.26. The molecule has 3 N–H and O–H groups in total. The van der Waals surface area contributed by atoms with Crippen LogP contribution in [0.5, 0.6) is 0 Å². The molecule has 0 aromatic carbocycles. The molecule has 0 saturated carbocycles. The molecule has 0 aromatic heterocycles. The van der Waals surface area contributed by atoms with E-state index in [-0.39, 0.29) is 18.0 Å². The van der Waals surface area contributed by atoms with Crippen molar-refractivity contribution in [1.29, 1.82) is 0 Å². The molecule has 0 rings (SSSR count). The zero-order valence-electron chi connectivity index (χ0n) is 11.8. The van der Waals surface area contributed by atoms with E-state index in [1.165, 1.54) is 19.3 Å². The van der Waals surface area contributed by atoms with Crippen LogP contribution in [0.25, 0.3) is 0 Å². The Morgan fingerprint density at radius 1 is 1.35 bits per heavy atom. The monoisotopic (exact) mass is 243 g/mol. The third-order valence-electron chi connectivity index (χ3n) is 2.88. The quantitative estimate of drug-likeness (QED) is 0.601. The first-order chi connectivity index (χ1) is 8.01. The Morgan fingerprint density at radius 3 is 2.47 bits per heavy atom. The molecule has 102 valence electrons. The summed E-state index contributed by atoms with van der Waals surface area (Å²) in [5.41, 5.74) is 5.74. The third-order valence-corrected chi connectivity index (χ3v) is 2.88. The summed E-state index contributed by atoms with van der Waals surface area (Å²) >= 11 is 0. The van der Waals surface area contributed by atoms with Gasteiger partial charge >= 0.3 is 0 Å². The molecule has 0 aliphatic rings. The number of likely N-dealkylation sites (N-methyl/N-ethyl adjacent to an activating group) is 1. The molecular formula is C13H29N3O. The van der Waals surface area contributed by atoms with Gasteiger partial charge in [-0.25, -0.2) is 0 Å². The van der Waals surface area contributed by atoms with Crippen molar-refractivity contribution < 1.29 is 4.79 Å². The fraction of sp³-hybridized carbons (Fsp3) is 0.923. The SMILES string of the molecule is CCCCCN(C)C(CN)CC(=O)NC(C)C. The number of nitrogens with one attached hydrogen (secondary N) is 1. The Hall–Kier alpha value is -0.610. The van der Waals surface area contributed by atoms with Crippen LogP contribution in [0.2, 0.25) is 0 Å². The number of hydrogen-bond acceptors (Lipinski definition) is 3. The van der Waals surface area contributed by atoms with Gasteiger partial charge in [-0.15, -0.1) is 0 Å². The molecule has 4 heteroatoms. The van der Waals surface area contributed by atoms with Gasteiger partial charge in [-0.3, -0.25) is 4.79 Å². The predicted octanol–water partition coefficient (Wildman–Crippen LogP) is 1.35. The zero-order valence-corrected chi connectivity index (χ0v) is 11.8. The number of hydrogen-bond donors (Lipinski definition) is 2. The Morgan fingerprint density at radius 2 is 2.00 bits per heavy atom. The standard InChI is InChI=1S/C13H29N3O/c1-5-6-7-8-16(4)12(10-14)9-13(17)15-11(2)3/h11-12H,5-10,14H2,1-4H3,(H,15,17). The maximum absolute atomic E-state index is 11.7. The van der Waals surface area contributed by atoms with E-state index in [1.54, 1.807) is 0 Å². The molecule has 0 aliphatic carbocycles. The summed E-state index contributed by atoms with van der Waals surface area (Å²) in [6.07, 6.45) is 4.13. The van der Waals surface area contributed by atoms with Gasteiger partial charge in [0.15, 0.2) is 0 Å². The number of nitrogens with zero attached hydrogens (tertiary/aromatic N) is 1. The van der Waals surface area contributed by atoms with E-state index < -0.39 is 0 Å². The molecule has 0 heterocycles. The van der Waals surface area contributed by atoms with Crippen molar-refractivity contribution in [2.75, 3.05) is 20.1 Å². The first kappa shape index (κ1) is 16.4. The second-order valence-corrected chi connectivity index (χ2v) is 5.00. The lowest BCUT2D eigenvalue weighted by atomic mass is 10.1. The van der Waals surface area contributed by atoms with Gasteiger partial charge in [0.05, 0.1) is 0 Å². The minimum Gasteiger partial charge on any atom is -0.354 e. The fourth-order valence-electron chi connectivity index (χ4n) is 1.81. The normalized spacial score (nSPS) is 13.1. The first-order valence-electron chi connectivity index (χ1n) is 6.70. The smallest absolute Gasteiger partial charge is 0.221 e. The van der Waals surface area contributed by atoms with Gasteiger partial charge in [-0.2, -0.15) is 0 Å². The summed E-state index contributed by atoms with van der Waals surface area (Å²) in [7, 11) is 2.05. The lowest BCUT2D eigenvalue weighted by molar-refractivity contribution is -0.122. The van der Waals surface area contributed by atoms with Crippen LogP contribution in [0.4, 0.5) is 0 Å². The highest BCUT2D eigenvalue weighted by Gasteiger charge is 2.17. The van der Waals surface area contributed by atoms with Crippen LogP contribution in [0.15, 0.2) is 0 Å². The molecule has 0 spiro atoms. The minimum atomic E-state index is 0.0952. The number of carbonyl (C=O) groups excluding carboxylic acids is 1. The fourth-order valence-corrected chi connectivity index (χ4v) is 1.81. The second-order valence-electron chi connectivity index (χ2n) is 5.00. The van der Waals surface area contributed by atoms with Crippen molar-refractivity contribution >= 4 is 5.91 Å². The Kier molecular flexibility index (Phi) is 9.09. The van der Waals surface area contributed by atoms with Gasteiger partial charge in [0.1, 0.15) is 0 Å². The number of nitrogens with two attached hydrogens (primary N) is 1. The highest BCUT2D eigenvalue weighted by atomic mass is 16.1. The van der Waals surface area contributed by atoms with Crippen LogP contribution >= 0.6 is 0 Å². The molecule has 0 bridgehead atoms. The van der Waals surface area contributed by atoms with Crippen LogP contribution in [0.3, 0.4) is 0 Å². The third kappa shape index (κ3) is 8.16. The Labute approximate surface area is 106 Å². The van der Waals surface area contributed by atoms with Crippen LogP contribution in [0.1, 0.15) is 46.5 Å². The minimum absolute atomic E-state index is 0.0952. The highest BCUT2D eigenvalue weighted by molar-refractivity contribution is 5.76. The molecule has 1 amide bonds. The van der Waals surface area contributed by atoms with E-state index in [0.717, 1.165) is 6.54 Å². The maximum Gasteiger partial charge on any atom is 0.221 e. The highest BCUT2D eigenvalue weighted by Crippen LogP contribution is 2.04. The van der Waals surface area contributed by atoms with Crippen molar-refractivity contribution in [3.05, 3.63) is 0 Å². The average Bonchev–Trinajstić information content (AvgIpc) is 2.25. The van der Waals surface area contributed by atoms with Crippen LogP contribution < -0.4 is 11.1 Å². The van der Waals surface area contributed by atoms with Crippen LogP contribution in [0, 0.1) is 0 Å². The molecule has 17 heavy (non-hydrogen) atoms. The van der Waals surface area contributed by atoms with E-state index in [2.05, 4.69) is 24.2 Å². The summed E-state index contributed by atoms with van der Waals surface area (Å²) in [6.45, 7) is 7.69. The number of carbonyl (C=O) groups is 1. The summed E-state index contributed by atoms with van der Waals surface area (Å²) in [5, 5.41) is 2.91. The molecule has 0 fully saturated rings. The van der Waals surface area contributed by atoms with Crippen LogP contribution in [-0.4, -0.2) is 43.0 Å². The summed E-state index contributed by atoms with van der Waals surface area (Å²) in [4.78, 5) is 13.9. The van der Waals surface area contributed by atoms with Gasteiger partial charge in [-0.05, 0) is 33.9 Å². The van der Waals surface area contributed by atoms with Gasteiger partial charge in [0, 0.05) is 25.0 Å². The molecule has 1 atom stereocenters. The molecule has 0 saturated heterocycles. The van der Waals surface area contributed by atoms with E-state index in [9.17, 15) is 4.79 Å². The number of amides is 1. The molecule has 0 aromatic rings. The van der Waals surface area contributed by atoms with Gasteiger partial charge in [0.2, 0.25) is 5.91 Å². The number of rotatable bonds is 9. The number of unbranched alkanes of at least 4 members (excludes halogenated alkanes) is 2. The molecule has 1 unspecified atom stereocenters. The predicted molar refractivity (Wildman–Crippen MR) is 72.9 cm³/mol. The van der Waals surface area contributed by atoms with E-state index in [1.807, 2.05) is 13.8 Å². The van der Waals surface area contributed by atoms with Crippen LogP contribution in [-0.2, 0) is 4.79 Å². The summed E-state index contributed by atoms with van der Waals surface area (Å²) in [5.74, 6) is 0.0952. The summed E-state index contributed by atoms with van der Waals surface area (Å²) in [6, 6.07) is 0.358. The molecule has 0 aliphatic heterocycles. The largest absolute Gasteiger partial charge is 0.354 e. The molecule has 0 radical (unpaired) electrons. The topological polar surface area (TPSA) is 58.4 Å². The van der Waals surface area contributed by atoms with E-state index in [4.69, 9.17) is 5.73 Å². The van der Waals surface area contributed by atoms with Crippen molar-refractivity contribution in [1.82, 2.24) is 10.2 Å². The average molecular weight is 243 g/mol. The first-order valence-corrected chi connectivity index (χ1v) is 6.70. The molecular weight excluding hydrogens is 214 g/mol. The van der Waals surface area contributed by atoms with Crippen molar-refractivity contribution in [3.63, 3.8) is 0 Å².